The molecule has 1 aromatic heterocycles. The van der Waals surface area contributed by atoms with Gasteiger partial charge in [0.25, 0.3) is 5.91 Å². The van der Waals surface area contributed by atoms with Gasteiger partial charge in [-0.2, -0.15) is 0 Å². The van der Waals surface area contributed by atoms with Gasteiger partial charge >= 0.3 is 0 Å². The Hall–Kier alpha value is -2.15. The minimum absolute atomic E-state index is 0.253. The molecule has 0 radical (unpaired) electrons. The van der Waals surface area contributed by atoms with Crippen LogP contribution in [-0.2, 0) is 0 Å². The number of nitrogens with zero attached hydrogens (tertiary/aromatic N) is 2. The standard InChI is InChI=1S/C14H15BrN4O2/c1-3-16-13-7-5-11(18-19-13)14(20)17-9-4-6-12(21-2)10(15)8-9/h4-8H,3H2,1-2H3,(H,16,19)(H,17,20). The van der Waals surface area contributed by atoms with Crippen LogP contribution in [0.1, 0.15) is 17.4 Å². The molecule has 0 unspecified atom stereocenters. The molecule has 110 valence electrons. The molecule has 0 fully saturated rings. The highest BCUT2D eigenvalue weighted by molar-refractivity contribution is 9.10. The van der Waals surface area contributed by atoms with Crippen molar-refractivity contribution in [1.29, 1.82) is 0 Å². The number of ether oxygens (including phenoxy) is 1. The van der Waals surface area contributed by atoms with Crippen molar-refractivity contribution >= 4 is 33.3 Å². The van der Waals surface area contributed by atoms with Crippen molar-refractivity contribution < 1.29 is 9.53 Å². The Bertz CT molecular complexity index is 631. The number of nitrogens with one attached hydrogen (secondary N) is 2. The van der Waals surface area contributed by atoms with Gasteiger partial charge in [0.15, 0.2) is 5.69 Å². The monoisotopic (exact) mass is 350 g/mol. The summed E-state index contributed by atoms with van der Waals surface area (Å²) in [6.07, 6.45) is 0. The summed E-state index contributed by atoms with van der Waals surface area (Å²) in [5.41, 5.74) is 0.897. The number of carbonyl (C=O) groups is 1. The van der Waals surface area contributed by atoms with E-state index in [2.05, 4.69) is 36.8 Å². The minimum atomic E-state index is -0.317. The molecule has 1 heterocycles. The zero-order chi connectivity index (χ0) is 15.2. The summed E-state index contributed by atoms with van der Waals surface area (Å²) in [5, 5.41) is 13.6. The van der Waals surface area contributed by atoms with Gasteiger partial charge in [-0.3, -0.25) is 4.79 Å². The quantitative estimate of drug-likeness (QED) is 0.866. The van der Waals surface area contributed by atoms with Crippen LogP contribution in [0.25, 0.3) is 0 Å². The Morgan fingerprint density at radius 3 is 2.67 bits per heavy atom. The molecule has 0 aliphatic carbocycles. The fourth-order valence-corrected chi connectivity index (χ4v) is 2.21. The maximum atomic E-state index is 12.1. The van der Waals surface area contributed by atoms with Gasteiger partial charge in [-0.25, -0.2) is 0 Å². The number of anilines is 2. The normalized spacial score (nSPS) is 10.0. The summed E-state index contributed by atoms with van der Waals surface area (Å²) < 4.78 is 5.90. The van der Waals surface area contributed by atoms with Gasteiger partial charge in [-0.05, 0) is 53.2 Å². The van der Waals surface area contributed by atoms with Gasteiger partial charge < -0.3 is 15.4 Å². The summed E-state index contributed by atoms with van der Waals surface area (Å²) in [5.74, 6) is 1.02. The third-order valence-corrected chi connectivity index (χ3v) is 3.28. The fourth-order valence-electron chi connectivity index (χ4n) is 1.67. The summed E-state index contributed by atoms with van der Waals surface area (Å²) in [7, 11) is 1.58. The van der Waals surface area contributed by atoms with Crippen molar-refractivity contribution in [3.63, 3.8) is 0 Å². The van der Waals surface area contributed by atoms with Crippen molar-refractivity contribution in [1.82, 2.24) is 10.2 Å². The van der Waals surface area contributed by atoms with Crippen molar-refractivity contribution in [3.05, 3.63) is 40.5 Å². The maximum absolute atomic E-state index is 12.1. The summed E-state index contributed by atoms with van der Waals surface area (Å²) in [6, 6.07) is 8.62. The molecule has 2 rings (SSSR count). The third-order valence-electron chi connectivity index (χ3n) is 2.66. The molecule has 0 saturated heterocycles. The Labute approximate surface area is 131 Å². The average Bonchev–Trinajstić information content (AvgIpc) is 2.48. The van der Waals surface area contributed by atoms with Crippen LogP contribution in [0.4, 0.5) is 11.5 Å². The second kappa shape index (κ2) is 7.03. The average molecular weight is 351 g/mol. The van der Waals surface area contributed by atoms with Crippen LogP contribution in [-0.4, -0.2) is 29.8 Å². The number of amides is 1. The summed E-state index contributed by atoms with van der Waals surface area (Å²) in [6.45, 7) is 2.71. The number of carbonyl (C=O) groups excluding carboxylic acids is 1. The zero-order valence-corrected chi connectivity index (χ0v) is 13.3. The molecule has 0 aliphatic heterocycles. The van der Waals surface area contributed by atoms with Crippen LogP contribution in [0, 0.1) is 0 Å². The highest BCUT2D eigenvalue weighted by Gasteiger charge is 2.10. The summed E-state index contributed by atoms with van der Waals surface area (Å²) >= 11 is 3.37. The van der Waals surface area contributed by atoms with Crippen LogP contribution in [0.3, 0.4) is 0 Å². The van der Waals surface area contributed by atoms with Gasteiger partial charge in [0.2, 0.25) is 0 Å². The molecule has 0 atom stereocenters. The van der Waals surface area contributed by atoms with Gasteiger partial charge in [0.1, 0.15) is 11.6 Å². The van der Waals surface area contributed by atoms with E-state index in [4.69, 9.17) is 4.74 Å². The number of rotatable bonds is 5. The molecule has 7 heteroatoms. The van der Waals surface area contributed by atoms with Crippen LogP contribution in [0.5, 0.6) is 5.75 Å². The Kier molecular flexibility index (Phi) is 5.10. The lowest BCUT2D eigenvalue weighted by molar-refractivity contribution is 0.102. The van der Waals surface area contributed by atoms with E-state index in [9.17, 15) is 4.79 Å². The van der Waals surface area contributed by atoms with Crippen LogP contribution in [0.2, 0.25) is 0 Å². The van der Waals surface area contributed by atoms with E-state index in [1.807, 2.05) is 6.92 Å². The molecule has 0 bridgehead atoms. The van der Waals surface area contributed by atoms with Crippen molar-refractivity contribution in [2.75, 3.05) is 24.3 Å². The van der Waals surface area contributed by atoms with Crippen molar-refractivity contribution in [3.8, 4) is 5.75 Å². The predicted molar refractivity (Wildman–Crippen MR) is 84.8 cm³/mol. The van der Waals surface area contributed by atoms with E-state index in [1.165, 1.54) is 0 Å². The molecule has 2 N–H and O–H groups in total. The molecule has 1 amide bonds. The molecule has 0 spiro atoms. The Morgan fingerprint density at radius 2 is 2.10 bits per heavy atom. The lowest BCUT2D eigenvalue weighted by Crippen LogP contribution is -2.15. The number of hydrogen-bond acceptors (Lipinski definition) is 5. The smallest absolute Gasteiger partial charge is 0.276 e. The van der Waals surface area contributed by atoms with Gasteiger partial charge in [0, 0.05) is 12.2 Å². The van der Waals surface area contributed by atoms with Crippen LogP contribution < -0.4 is 15.4 Å². The second-order valence-electron chi connectivity index (χ2n) is 4.14. The lowest BCUT2D eigenvalue weighted by Gasteiger charge is -2.08. The van der Waals surface area contributed by atoms with Crippen molar-refractivity contribution in [2.24, 2.45) is 0 Å². The minimum Gasteiger partial charge on any atom is -0.496 e. The topological polar surface area (TPSA) is 76.1 Å². The molecular formula is C14H15BrN4O2. The number of hydrogen-bond donors (Lipinski definition) is 2. The predicted octanol–water partition coefficient (Wildman–Crippen LogP) is 2.93. The number of aromatic nitrogens is 2. The first-order chi connectivity index (χ1) is 10.1. The first-order valence-corrected chi connectivity index (χ1v) is 7.16. The van der Waals surface area contributed by atoms with Gasteiger partial charge in [-0.1, -0.05) is 0 Å². The molecule has 2 aromatic rings. The Balaban J connectivity index is 2.08. The first kappa shape index (κ1) is 15.2. The lowest BCUT2D eigenvalue weighted by atomic mass is 10.3. The fraction of sp³-hybridized carbons (Fsp3) is 0.214. The van der Waals surface area contributed by atoms with E-state index >= 15 is 0 Å². The summed E-state index contributed by atoms with van der Waals surface area (Å²) in [4.78, 5) is 12.1. The number of benzene rings is 1. The number of halogens is 1. The first-order valence-electron chi connectivity index (χ1n) is 6.36. The van der Waals surface area contributed by atoms with Crippen molar-refractivity contribution in [2.45, 2.75) is 6.92 Å². The van der Waals surface area contributed by atoms with Gasteiger partial charge in [-0.15, -0.1) is 10.2 Å². The molecule has 0 saturated carbocycles. The largest absolute Gasteiger partial charge is 0.496 e. The Morgan fingerprint density at radius 1 is 1.29 bits per heavy atom. The van der Waals surface area contributed by atoms with Crippen LogP contribution >= 0.6 is 15.9 Å². The van der Waals surface area contributed by atoms with E-state index in [0.717, 1.165) is 11.0 Å². The van der Waals surface area contributed by atoms with Gasteiger partial charge in [0.05, 0.1) is 11.6 Å². The molecule has 21 heavy (non-hydrogen) atoms. The van der Waals surface area contributed by atoms with E-state index < -0.39 is 0 Å². The van der Waals surface area contributed by atoms with E-state index in [1.54, 1.807) is 37.4 Å². The zero-order valence-electron chi connectivity index (χ0n) is 11.7. The highest BCUT2D eigenvalue weighted by Crippen LogP contribution is 2.27. The second-order valence-corrected chi connectivity index (χ2v) is 4.99. The molecule has 6 nitrogen and oxygen atoms in total. The number of methoxy groups -OCH3 is 1. The molecule has 0 aliphatic rings. The van der Waals surface area contributed by atoms with Crippen LogP contribution in [0.15, 0.2) is 34.8 Å². The third kappa shape index (κ3) is 3.91. The van der Waals surface area contributed by atoms with E-state index in [0.29, 0.717) is 17.3 Å². The maximum Gasteiger partial charge on any atom is 0.276 e. The highest BCUT2D eigenvalue weighted by atomic mass is 79.9. The molecular weight excluding hydrogens is 336 g/mol. The molecule has 1 aromatic carbocycles. The SMILES string of the molecule is CCNc1ccc(C(=O)Nc2ccc(OC)c(Br)c2)nn1. The van der Waals surface area contributed by atoms with E-state index in [-0.39, 0.29) is 11.6 Å².